The van der Waals surface area contributed by atoms with Crippen LogP contribution in [-0.4, -0.2) is 39.8 Å². The van der Waals surface area contributed by atoms with E-state index in [2.05, 4.69) is 15.6 Å². The van der Waals surface area contributed by atoms with Gasteiger partial charge in [0.2, 0.25) is 10.0 Å². The maximum atomic E-state index is 13.2. The lowest BCUT2D eigenvalue weighted by molar-refractivity contribution is -0.138. The maximum absolute atomic E-state index is 13.2. The summed E-state index contributed by atoms with van der Waals surface area (Å²) < 4.78 is 78.6. The van der Waals surface area contributed by atoms with Crippen molar-refractivity contribution in [2.45, 2.75) is 24.2 Å². The zero-order valence-corrected chi connectivity index (χ0v) is 17.4. The van der Waals surface area contributed by atoms with Gasteiger partial charge in [-0.25, -0.2) is 17.1 Å². The Labute approximate surface area is 172 Å². The van der Waals surface area contributed by atoms with Gasteiger partial charge in [0, 0.05) is 34.2 Å². The van der Waals surface area contributed by atoms with Gasteiger partial charge in [-0.2, -0.15) is 13.2 Å². The fourth-order valence-electron chi connectivity index (χ4n) is 2.64. The highest BCUT2D eigenvalue weighted by molar-refractivity contribution is 7.89. The van der Waals surface area contributed by atoms with Gasteiger partial charge in [-0.1, -0.05) is 24.3 Å². The molecule has 0 aliphatic heterocycles. The first kappa shape index (κ1) is 23.6. The van der Waals surface area contributed by atoms with E-state index in [-0.39, 0.29) is 29.5 Å². The highest BCUT2D eigenvalue weighted by Gasteiger charge is 2.33. The first-order valence-corrected chi connectivity index (χ1v) is 10.2. The Kier molecular flexibility index (Phi) is 7.43. The summed E-state index contributed by atoms with van der Waals surface area (Å²) in [5, 5.41) is 5.60. The Balaban J connectivity index is 2.14. The van der Waals surface area contributed by atoms with Crippen molar-refractivity contribution in [3.8, 4) is 0 Å². The number of hydrogen-bond acceptors (Lipinski definition) is 3. The molecule has 0 unspecified atom stereocenters. The van der Waals surface area contributed by atoms with Crippen LogP contribution >= 0.6 is 0 Å². The molecule has 0 bridgehead atoms. The Hall–Kier alpha value is -2.66. The molecular formula is C19H22F4N4O2S. The van der Waals surface area contributed by atoms with E-state index in [1.807, 2.05) is 0 Å². The SMILES string of the molecule is CN=C(NCc1ccc(F)cc1C(F)(F)F)NCc1ccccc1S(=O)(=O)N(C)C. The number of sulfonamides is 1. The fraction of sp³-hybridized carbons (Fsp3) is 0.316. The lowest BCUT2D eigenvalue weighted by atomic mass is 10.1. The molecule has 30 heavy (non-hydrogen) atoms. The van der Waals surface area contributed by atoms with Gasteiger partial charge in [0.25, 0.3) is 0 Å². The number of halogens is 4. The maximum Gasteiger partial charge on any atom is 0.416 e. The molecule has 11 heteroatoms. The van der Waals surface area contributed by atoms with Crippen molar-refractivity contribution < 1.29 is 26.0 Å². The fourth-order valence-corrected chi connectivity index (χ4v) is 3.76. The zero-order chi connectivity index (χ0) is 22.5. The van der Waals surface area contributed by atoms with E-state index in [4.69, 9.17) is 0 Å². The average molecular weight is 446 g/mol. The molecule has 0 saturated heterocycles. The van der Waals surface area contributed by atoms with Crippen LogP contribution in [0.25, 0.3) is 0 Å². The molecule has 0 heterocycles. The molecule has 0 spiro atoms. The summed E-state index contributed by atoms with van der Waals surface area (Å²) in [6, 6.07) is 8.81. The Morgan fingerprint density at radius 2 is 1.63 bits per heavy atom. The van der Waals surface area contributed by atoms with E-state index in [1.165, 1.54) is 27.2 Å². The van der Waals surface area contributed by atoms with E-state index in [1.54, 1.807) is 18.2 Å². The number of rotatable bonds is 6. The van der Waals surface area contributed by atoms with E-state index < -0.39 is 27.6 Å². The lowest BCUT2D eigenvalue weighted by Gasteiger charge is -2.18. The highest BCUT2D eigenvalue weighted by atomic mass is 32.2. The van der Waals surface area contributed by atoms with Gasteiger partial charge in [-0.3, -0.25) is 4.99 Å². The number of benzene rings is 2. The quantitative estimate of drug-likeness (QED) is 0.407. The molecule has 6 nitrogen and oxygen atoms in total. The van der Waals surface area contributed by atoms with Gasteiger partial charge in [-0.05, 0) is 29.3 Å². The monoisotopic (exact) mass is 446 g/mol. The van der Waals surface area contributed by atoms with Crippen LogP contribution in [0, 0.1) is 5.82 Å². The van der Waals surface area contributed by atoms with Crippen molar-refractivity contribution in [2.75, 3.05) is 21.1 Å². The van der Waals surface area contributed by atoms with Crippen molar-refractivity contribution >= 4 is 16.0 Å². The minimum atomic E-state index is -4.70. The van der Waals surface area contributed by atoms with E-state index in [0.29, 0.717) is 11.6 Å². The van der Waals surface area contributed by atoms with Crippen LogP contribution in [0.15, 0.2) is 52.4 Å². The van der Waals surface area contributed by atoms with Crippen molar-refractivity contribution in [1.29, 1.82) is 0 Å². The normalized spacial score (nSPS) is 12.9. The van der Waals surface area contributed by atoms with E-state index >= 15 is 0 Å². The average Bonchev–Trinajstić information content (AvgIpc) is 2.68. The number of aliphatic imine (C=N–C) groups is 1. The molecule has 2 aromatic carbocycles. The summed E-state index contributed by atoms with van der Waals surface area (Å²) >= 11 is 0. The first-order valence-electron chi connectivity index (χ1n) is 8.77. The van der Waals surface area contributed by atoms with Gasteiger partial charge in [0.1, 0.15) is 5.82 Å². The molecule has 0 fully saturated rings. The van der Waals surface area contributed by atoms with Crippen molar-refractivity contribution in [1.82, 2.24) is 14.9 Å². The predicted octanol–water partition coefficient (Wildman–Crippen LogP) is 2.96. The number of alkyl halides is 3. The highest BCUT2D eigenvalue weighted by Crippen LogP contribution is 2.32. The zero-order valence-electron chi connectivity index (χ0n) is 16.6. The Morgan fingerprint density at radius 3 is 2.20 bits per heavy atom. The topological polar surface area (TPSA) is 73.8 Å². The molecule has 0 saturated carbocycles. The molecule has 0 amide bonds. The molecule has 0 radical (unpaired) electrons. The molecule has 0 atom stereocenters. The summed E-state index contributed by atoms with van der Waals surface area (Å²) in [5.74, 6) is -0.822. The molecule has 2 N–H and O–H groups in total. The third-order valence-corrected chi connectivity index (χ3v) is 6.14. The first-order chi connectivity index (χ1) is 14.0. The summed E-state index contributed by atoms with van der Waals surface area (Å²) in [6.45, 7) is -0.190. The number of nitrogens with one attached hydrogen (secondary N) is 2. The van der Waals surface area contributed by atoms with Crippen LogP contribution in [0.2, 0.25) is 0 Å². The van der Waals surface area contributed by atoms with Crippen molar-refractivity contribution in [2.24, 2.45) is 4.99 Å². The standard InChI is InChI=1S/C19H22F4N4O2S/c1-24-18(25-11-13-8-9-15(20)10-16(13)19(21,22)23)26-12-14-6-4-5-7-17(14)30(28,29)27(2)3/h4-10H,11-12H2,1-3H3,(H2,24,25,26). The van der Waals surface area contributed by atoms with Gasteiger partial charge in [-0.15, -0.1) is 0 Å². The van der Waals surface area contributed by atoms with Gasteiger partial charge in [0.15, 0.2) is 5.96 Å². The Bertz CT molecular complexity index is 1020. The summed E-state index contributed by atoms with van der Waals surface area (Å²) in [6.07, 6.45) is -4.70. The summed E-state index contributed by atoms with van der Waals surface area (Å²) in [4.78, 5) is 4.04. The molecule has 2 rings (SSSR count). The predicted molar refractivity (Wildman–Crippen MR) is 106 cm³/mol. The second-order valence-corrected chi connectivity index (χ2v) is 8.59. The van der Waals surface area contributed by atoms with E-state index in [0.717, 1.165) is 16.4 Å². The smallest absolute Gasteiger partial charge is 0.352 e. The van der Waals surface area contributed by atoms with Gasteiger partial charge < -0.3 is 10.6 Å². The molecule has 164 valence electrons. The van der Waals surface area contributed by atoms with E-state index in [9.17, 15) is 26.0 Å². The number of hydrogen-bond donors (Lipinski definition) is 2. The largest absolute Gasteiger partial charge is 0.416 e. The van der Waals surface area contributed by atoms with Gasteiger partial charge >= 0.3 is 6.18 Å². The number of nitrogens with zero attached hydrogens (tertiary/aromatic N) is 2. The Morgan fingerprint density at radius 1 is 1.03 bits per heavy atom. The molecule has 0 aromatic heterocycles. The van der Waals surface area contributed by atoms with Crippen LogP contribution < -0.4 is 10.6 Å². The third kappa shape index (κ3) is 5.70. The molecule has 2 aromatic rings. The summed E-state index contributed by atoms with van der Waals surface area (Å²) in [5.41, 5.74) is -0.762. The second kappa shape index (κ2) is 9.43. The third-order valence-electron chi connectivity index (χ3n) is 4.22. The molecule has 0 aliphatic carbocycles. The van der Waals surface area contributed by atoms with Gasteiger partial charge in [0.05, 0.1) is 10.5 Å². The van der Waals surface area contributed by atoms with Crippen LogP contribution in [0.4, 0.5) is 17.6 Å². The van der Waals surface area contributed by atoms with Crippen molar-refractivity contribution in [3.63, 3.8) is 0 Å². The van der Waals surface area contributed by atoms with Crippen LogP contribution in [0.3, 0.4) is 0 Å². The van der Waals surface area contributed by atoms with Crippen LogP contribution in [0.5, 0.6) is 0 Å². The second-order valence-electron chi connectivity index (χ2n) is 6.47. The molecule has 0 aliphatic rings. The lowest BCUT2D eigenvalue weighted by Crippen LogP contribution is -2.37. The van der Waals surface area contributed by atoms with Crippen LogP contribution in [0.1, 0.15) is 16.7 Å². The summed E-state index contributed by atoms with van der Waals surface area (Å²) in [7, 11) is 0.588. The minimum Gasteiger partial charge on any atom is -0.352 e. The van der Waals surface area contributed by atoms with Crippen LogP contribution in [-0.2, 0) is 29.3 Å². The minimum absolute atomic E-state index is 0.0679. The van der Waals surface area contributed by atoms with Crippen molar-refractivity contribution in [3.05, 3.63) is 65.0 Å². The molecular weight excluding hydrogens is 424 g/mol. The number of guanidine groups is 1.